The predicted octanol–water partition coefficient (Wildman–Crippen LogP) is 4.96. The number of ether oxygens (including phenoxy) is 1. The SMILES string of the molecule is CCc1cnc(N(CCOc2ccccc2)Cc2csc(SC(C)(C)C(=O)O)n2)nc1.Cl. The number of carbonyl (C=O) groups is 1. The van der Waals surface area contributed by atoms with Gasteiger partial charge in [-0.3, -0.25) is 4.79 Å². The third-order valence-corrected chi connectivity index (χ3v) is 6.67. The van der Waals surface area contributed by atoms with Gasteiger partial charge in [0.2, 0.25) is 5.95 Å². The van der Waals surface area contributed by atoms with Crippen molar-refractivity contribution < 1.29 is 14.6 Å². The van der Waals surface area contributed by atoms with Crippen LogP contribution in [0.15, 0.2) is 52.4 Å². The third-order valence-electron chi connectivity index (χ3n) is 4.50. The molecule has 0 amide bonds. The van der Waals surface area contributed by atoms with Crippen LogP contribution in [0, 0.1) is 0 Å². The number of carboxylic acid groups (broad SMARTS) is 1. The first kappa shape index (κ1) is 25.9. The Hall–Kier alpha value is -2.36. The van der Waals surface area contributed by atoms with Gasteiger partial charge in [0, 0.05) is 17.8 Å². The van der Waals surface area contributed by atoms with Gasteiger partial charge in [-0.25, -0.2) is 15.0 Å². The van der Waals surface area contributed by atoms with Crippen molar-refractivity contribution in [2.75, 3.05) is 18.1 Å². The molecule has 0 unspecified atom stereocenters. The average Bonchev–Trinajstić information content (AvgIpc) is 3.20. The predicted molar refractivity (Wildman–Crippen MR) is 131 cm³/mol. The number of thiazole rings is 1. The number of carboxylic acids is 1. The van der Waals surface area contributed by atoms with E-state index in [0.29, 0.717) is 25.6 Å². The fraction of sp³-hybridized carbons (Fsp3) is 0.364. The van der Waals surface area contributed by atoms with Crippen LogP contribution in [0.25, 0.3) is 0 Å². The molecule has 172 valence electrons. The summed E-state index contributed by atoms with van der Waals surface area (Å²) in [7, 11) is 0. The van der Waals surface area contributed by atoms with E-state index in [0.717, 1.165) is 27.8 Å². The zero-order valence-corrected chi connectivity index (χ0v) is 20.7. The van der Waals surface area contributed by atoms with E-state index in [4.69, 9.17) is 4.74 Å². The minimum absolute atomic E-state index is 0. The number of para-hydroxylation sites is 1. The summed E-state index contributed by atoms with van der Waals surface area (Å²) in [5.41, 5.74) is 1.92. The number of aromatic nitrogens is 3. The molecule has 0 saturated heterocycles. The van der Waals surface area contributed by atoms with Crippen molar-refractivity contribution in [1.29, 1.82) is 0 Å². The Labute approximate surface area is 202 Å². The lowest BCUT2D eigenvalue weighted by atomic mass is 10.2. The maximum absolute atomic E-state index is 11.4. The van der Waals surface area contributed by atoms with Crippen LogP contribution in [-0.4, -0.2) is 43.9 Å². The van der Waals surface area contributed by atoms with Crippen LogP contribution in [0.2, 0.25) is 0 Å². The molecule has 0 radical (unpaired) electrons. The lowest BCUT2D eigenvalue weighted by Gasteiger charge is -2.22. The molecule has 1 aromatic carbocycles. The fourth-order valence-corrected chi connectivity index (χ4v) is 4.78. The smallest absolute Gasteiger partial charge is 0.319 e. The van der Waals surface area contributed by atoms with Crippen LogP contribution in [-0.2, 0) is 17.8 Å². The second kappa shape index (κ2) is 12.0. The van der Waals surface area contributed by atoms with E-state index >= 15 is 0 Å². The number of anilines is 1. The minimum atomic E-state index is -0.933. The number of hydrogen-bond donors (Lipinski definition) is 1. The fourth-order valence-electron chi connectivity index (χ4n) is 2.60. The normalized spacial score (nSPS) is 11.0. The molecule has 2 aromatic heterocycles. The van der Waals surface area contributed by atoms with Crippen molar-refractivity contribution in [2.45, 2.75) is 42.8 Å². The Morgan fingerprint density at radius 3 is 2.53 bits per heavy atom. The van der Waals surface area contributed by atoms with Gasteiger partial charge in [0.25, 0.3) is 0 Å². The van der Waals surface area contributed by atoms with E-state index in [9.17, 15) is 9.90 Å². The van der Waals surface area contributed by atoms with Crippen molar-refractivity contribution in [1.82, 2.24) is 15.0 Å². The summed E-state index contributed by atoms with van der Waals surface area (Å²) in [6.07, 6.45) is 4.56. The summed E-state index contributed by atoms with van der Waals surface area (Å²) in [6, 6.07) is 9.67. The second-order valence-corrected chi connectivity index (χ2v) is 10.1. The summed E-state index contributed by atoms with van der Waals surface area (Å²) < 4.78 is 5.65. The topological polar surface area (TPSA) is 88.4 Å². The first-order valence-corrected chi connectivity index (χ1v) is 11.7. The molecule has 3 aromatic rings. The lowest BCUT2D eigenvalue weighted by molar-refractivity contribution is -0.138. The number of aryl methyl sites for hydroxylation is 1. The molecule has 0 spiro atoms. The van der Waals surface area contributed by atoms with E-state index in [1.165, 1.54) is 23.1 Å². The highest BCUT2D eigenvalue weighted by Gasteiger charge is 2.30. The Morgan fingerprint density at radius 1 is 1.22 bits per heavy atom. The van der Waals surface area contributed by atoms with Gasteiger partial charge in [-0.1, -0.05) is 36.9 Å². The van der Waals surface area contributed by atoms with Gasteiger partial charge in [0.1, 0.15) is 17.1 Å². The Balaban J connectivity index is 0.00000363. The highest BCUT2D eigenvalue weighted by molar-refractivity contribution is 8.02. The average molecular weight is 495 g/mol. The van der Waals surface area contributed by atoms with E-state index in [1.54, 1.807) is 13.8 Å². The molecule has 2 heterocycles. The van der Waals surface area contributed by atoms with Crippen LogP contribution in [0.1, 0.15) is 32.0 Å². The highest BCUT2D eigenvalue weighted by Crippen LogP contribution is 2.35. The Kier molecular flexibility index (Phi) is 9.74. The first-order valence-electron chi connectivity index (χ1n) is 9.98. The van der Waals surface area contributed by atoms with Crippen LogP contribution < -0.4 is 9.64 Å². The van der Waals surface area contributed by atoms with Crippen LogP contribution in [0.5, 0.6) is 5.75 Å². The molecule has 0 aliphatic rings. The summed E-state index contributed by atoms with van der Waals surface area (Å²) in [5, 5.41) is 11.3. The van der Waals surface area contributed by atoms with Crippen molar-refractivity contribution in [2.24, 2.45) is 0 Å². The molecular weight excluding hydrogens is 468 g/mol. The van der Waals surface area contributed by atoms with Gasteiger partial charge in [-0.05, 0) is 38.0 Å². The van der Waals surface area contributed by atoms with Crippen LogP contribution in [0.3, 0.4) is 0 Å². The van der Waals surface area contributed by atoms with E-state index in [1.807, 2.05) is 53.0 Å². The minimum Gasteiger partial charge on any atom is -0.492 e. The molecule has 0 aliphatic heterocycles. The van der Waals surface area contributed by atoms with Gasteiger partial charge in [-0.2, -0.15) is 0 Å². The molecule has 0 saturated carbocycles. The molecular formula is C22H27ClN4O3S2. The zero-order chi connectivity index (χ0) is 22.3. The molecule has 10 heteroatoms. The monoisotopic (exact) mass is 494 g/mol. The summed E-state index contributed by atoms with van der Waals surface area (Å²) in [4.78, 5) is 27.1. The lowest BCUT2D eigenvalue weighted by Crippen LogP contribution is -2.30. The summed E-state index contributed by atoms with van der Waals surface area (Å²) >= 11 is 2.70. The molecule has 0 atom stereocenters. The van der Waals surface area contributed by atoms with Crippen molar-refractivity contribution in [3.8, 4) is 5.75 Å². The Morgan fingerprint density at radius 2 is 1.91 bits per heavy atom. The van der Waals surface area contributed by atoms with E-state index < -0.39 is 10.7 Å². The molecule has 1 N–H and O–H groups in total. The standard InChI is InChI=1S/C22H26N4O3S2.ClH/c1-4-16-12-23-20(24-13-16)26(10-11-29-18-8-6-5-7-9-18)14-17-15-30-21(25-17)31-22(2,3)19(27)28;/h5-9,12-13,15H,4,10-11,14H2,1-3H3,(H,27,28);1H. The van der Waals surface area contributed by atoms with Crippen LogP contribution >= 0.6 is 35.5 Å². The summed E-state index contributed by atoms with van der Waals surface area (Å²) in [5.74, 6) is 0.563. The molecule has 7 nitrogen and oxygen atoms in total. The Bertz CT molecular complexity index is 984. The van der Waals surface area contributed by atoms with E-state index in [-0.39, 0.29) is 12.4 Å². The number of benzene rings is 1. The number of rotatable bonds is 11. The molecule has 0 fully saturated rings. The molecule has 32 heavy (non-hydrogen) atoms. The van der Waals surface area contributed by atoms with Crippen molar-refractivity contribution >= 4 is 47.4 Å². The van der Waals surface area contributed by atoms with E-state index in [2.05, 4.69) is 21.9 Å². The molecule has 0 bridgehead atoms. The largest absolute Gasteiger partial charge is 0.492 e. The van der Waals surface area contributed by atoms with Crippen molar-refractivity contribution in [3.05, 3.63) is 59.4 Å². The number of halogens is 1. The maximum atomic E-state index is 11.4. The van der Waals surface area contributed by atoms with Crippen LogP contribution in [0.4, 0.5) is 5.95 Å². The van der Waals surface area contributed by atoms with Crippen molar-refractivity contribution in [3.63, 3.8) is 0 Å². The second-order valence-electron chi connectivity index (χ2n) is 7.35. The number of hydrogen-bond acceptors (Lipinski definition) is 8. The number of thioether (sulfide) groups is 1. The zero-order valence-electron chi connectivity index (χ0n) is 18.2. The van der Waals surface area contributed by atoms with Gasteiger partial charge in [0.15, 0.2) is 4.34 Å². The van der Waals surface area contributed by atoms with Gasteiger partial charge >= 0.3 is 5.97 Å². The highest BCUT2D eigenvalue weighted by atomic mass is 35.5. The molecule has 0 aliphatic carbocycles. The van der Waals surface area contributed by atoms with Gasteiger partial charge in [0.05, 0.1) is 18.8 Å². The molecule has 3 rings (SSSR count). The quantitative estimate of drug-likeness (QED) is 0.374. The van der Waals surface area contributed by atoms with Gasteiger partial charge < -0.3 is 14.7 Å². The summed E-state index contributed by atoms with van der Waals surface area (Å²) in [6.45, 7) is 6.99. The third kappa shape index (κ3) is 7.36. The number of nitrogens with zero attached hydrogens (tertiary/aromatic N) is 4. The first-order chi connectivity index (χ1) is 14.9. The number of aliphatic carboxylic acids is 1. The van der Waals surface area contributed by atoms with Gasteiger partial charge in [-0.15, -0.1) is 23.7 Å². The maximum Gasteiger partial charge on any atom is 0.319 e.